The van der Waals surface area contributed by atoms with Crippen molar-refractivity contribution in [1.82, 2.24) is 20.6 Å². The number of aryl methyl sites for hydroxylation is 1. The molecule has 3 aromatic carbocycles. The molecule has 1 saturated carbocycles. The number of carbonyl (C=O) groups is 1. The van der Waals surface area contributed by atoms with Crippen LogP contribution in [0.1, 0.15) is 23.5 Å². The molecular weight excluding hydrogens is 402 g/mol. The number of aromatic nitrogens is 4. The first kappa shape index (κ1) is 19.9. The van der Waals surface area contributed by atoms with Crippen LogP contribution in [0.15, 0.2) is 66.7 Å². The number of carbonyl (C=O) groups excluding carboxylic acids is 1. The number of ether oxygens (including phenoxy) is 1. The highest BCUT2D eigenvalue weighted by molar-refractivity contribution is 5.96. The lowest BCUT2D eigenvalue weighted by molar-refractivity contribution is -0.117. The molecule has 0 radical (unpaired) electrons. The number of benzene rings is 3. The van der Waals surface area contributed by atoms with E-state index in [4.69, 9.17) is 4.74 Å². The molecule has 2 N–H and O–H groups in total. The number of rotatable bonds is 6. The van der Waals surface area contributed by atoms with Crippen molar-refractivity contribution in [2.75, 3.05) is 12.4 Å². The number of nitrogens with zero attached hydrogens (tertiary/aromatic N) is 3. The molecule has 7 nitrogen and oxygen atoms in total. The number of tetrazole rings is 1. The third-order valence-electron chi connectivity index (χ3n) is 5.91. The maximum absolute atomic E-state index is 12.9. The topological polar surface area (TPSA) is 92.8 Å². The molecule has 0 bridgehead atoms. The van der Waals surface area contributed by atoms with Gasteiger partial charge in [-0.25, -0.2) is 0 Å². The summed E-state index contributed by atoms with van der Waals surface area (Å²) in [6.07, 6.45) is 0.872. The summed E-state index contributed by atoms with van der Waals surface area (Å²) in [6, 6.07) is 22.0. The minimum Gasteiger partial charge on any atom is -0.497 e. The number of H-pyrrole nitrogens is 1. The van der Waals surface area contributed by atoms with Gasteiger partial charge in [-0.2, -0.15) is 5.21 Å². The Hall–Kier alpha value is -4.00. The van der Waals surface area contributed by atoms with Crippen molar-refractivity contribution in [2.24, 2.45) is 5.92 Å². The number of hydrogen-bond donors (Lipinski definition) is 2. The second kappa shape index (κ2) is 8.26. The first-order chi connectivity index (χ1) is 15.6. The fourth-order valence-electron chi connectivity index (χ4n) is 4.01. The highest BCUT2D eigenvalue weighted by Gasteiger charge is 2.43. The summed E-state index contributed by atoms with van der Waals surface area (Å²) in [5.41, 5.74) is 5.87. The van der Waals surface area contributed by atoms with E-state index in [0.717, 1.165) is 28.9 Å². The first-order valence-corrected chi connectivity index (χ1v) is 10.5. The highest BCUT2D eigenvalue weighted by atomic mass is 16.5. The molecule has 2 atom stereocenters. The molecule has 0 unspecified atom stereocenters. The van der Waals surface area contributed by atoms with E-state index in [1.807, 2.05) is 42.5 Å². The van der Waals surface area contributed by atoms with E-state index < -0.39 is 0 Å². The van der Waals surface area contributed by atoms with Crippen molar-refractivity contribution in [2.45, 2.75) is 19.3 Å². The highest BCUT2D eigenvalue weighted by Crippen LogP contribution is 2.48. The number of nitrogens with one attached hydrogen (secondary N) is 2. The molecule has 32 heavy (non-hydrogen) atoms. The lowest BCUT2D eigenvalue weighted by atomic mass is 9.98. The Morgan fingerprint density at radius 2 is 1.81 bits per heavy atom. The first-order valence-electron chi connectivity index (χ1n) is 10.5. The summed E-state index contributed by atoms with van der Waals surface area (Å²) >= 11 is 0. The van der Waals surface area contributed by atoms with Crippen LogP contribution in [0.3, 0.4) is 0 Å². The van der Waals surface area contributed by atoms with Gasteiger partial charge in [-0.05, 0) is 65.4 Å². The minimum atomic E-state index is -0.00686. The van der Waals surface area contributed by atoms with Crippen molar-refractivity contribution in [3.05, 3.63) is 77.9 Å². The van der Waals surface area contributed by atoms with Gasteiger partial charge >= 0.3 is 0 Å². The average Bonchev–Trinajstić information content (AvgIpc) is 3.44. The monoisotopic (exact) mass is 425 g/mol. The Bertz CT molecular complexity index is 1230. The standard InChI is InChI=1S/C25H23N5O2/c1-15-3-5-17(6-4-15)21-14-23(21)25(31)26-18-9-12-20(16-7-10-19(32-2)11-8-16)22(13-18)24-27-29-30-28-24/h3-13,21,23H,14H2,1-2H3,(H,26,31)(H,27,28,29,30)/t21-,23+/m0/s1. The predicted octanol–water partition coefficient (Wildman–Crippen LogP) is 4.59. The molecule has 1 amide bonds. The quantitative estimate of drug-likeness (QED) is 0.471. The lowest BCUT2D eigenvalue weighted by Crippen LogP contribution is -2.14. The van der Waals surface area contributed by atoms with Gasteiger partial charge in [0.1, 0.15) is 5.75 Å². The number of amides is 1. The summed E-state index contributed by atoms with van der Waals surface area (Å²) in [5, 5.41) is 17.6. The molecule has 0 spiro atoms. The van der Waals surface area contributed by atoms with Gasteiger partial charge in [-0.15, -0.1) is 10.2 Å². The second-order valence-corrected chi connectivity index (χ2v) is 8.07. The fourth-order valence-corrected chi connectivity index (χ4v) is 4.01. The molecule has 7 heteroatoms. The molecule has 0 saturated heterocycles. The summed E-state index contributed by atoms with van der Waals surface area (Å²) in [5.74, 6) is 1.56. The van der Waals surface area contributed by atoms with Crippen molar-refractivity contribution in [3.8, 4) is 28.3 Å². The Morgan fingerprint density at radius 3 is 2.50 bits per heavy atom. The normalized spacial score (nSPS) is 17.1. The van der Waals surface area contributed by atoms with Gasteiger partial charge in [0.15, 0.2) is 0 Å². The van der Waals surface area contributed by atoms with Gasteiger partial charge in [-0.3, -0.25) is 4.79 Å². The Labute approximate surface area is 185 Å². The number of anilines is 1. The fraction of sp³-hybridized carbons (Fsp3) is 0.200. The SMILES string of the molecule is COc1ccc(-c2ccc(NC(=O)[C@@H]3C[C@H]3c3ccc(C)cc3)cc2-c2nn[nH]n2)cc1. The Morgan fingerprint density at radius 1 is 1.03 bits per heavy atom. The van der Waals surface area contributed by atoms with E-state index in [1.54, 1.807) is 7.11 Å². The third kappa shape index (κ3) is 3.97. The molecule has 1 aromatic heterocycles. The van der Waals surface area contributed by atoms with E-state index in [2.05, 4.69) is 57.1 Å². The van der Waals surface area contributed by atoms with Gasteiger partial charge in [0.25, 0.3) is 0 Å². The number of aromatic amines is 1. The van der Waals surface area contributed by atoms with E-state index in [1.165, 1.54) is 11.1 Å². The molecule has 0 aliphatic heterocycles. The van der Waals surface area contributed by atoms with Crippen LogP contribution in [-0.4, -0.2) is 33.6 Å². The molecule has 5 rings (SSSR count). The molecule has 160 valence electrons. The third-order valence-corrected chi connectivity index (χ3v) is 5.91. The van der Waals surface area contributed by atoms with Crippen LogP contribution in [0.5, 0.6) is 5.75 Å². The van der Waals surface area contributed by atoms with Gasteiger partial charge in [0.05, 0.1) is 7.11 Å². The van der Waals surface area contributed by atoms with E-state index in [9.17, 15) is 4.79 Å². The number of methoxy groups -OCH3 is 1. The minimum absolute atomic E-state index is 0.00686. The van der Waals surface area contributed by atoms with Crippen molar-refractivity contribution in [1.29, 1.82) is 0 Å². The summed E-state index contributed by atoms with van der Waals surface area (Å²) in [4.78, 5) is 12.9. The lowest BCUT2D eigenvalue weighted by Gasteiger charge is -2.12. The van der Waals surface area contributed by atoms with E-state index in [-0.39, 0.29) is 17.7 Å². The van der Waals surface area contributed by atoms with Gasteiger partial charge in [0, 0.05) is 17.2 Å². The zero-order valence-corrected chi connectivity index (χ0v) is 17.9. The van der Waals surface area contributed by atoms with Gasteiger partial charge in [-0.1, -0.05) is 48.0 Å². The van der Waals surface area contributed by atoms with Crippen LogP contribution in [0.25, 0.3) is 22.5 Å². The van der Waals surface area contributed by atoms with Gasteiger partial charge in [0.2, 0.25) is 11.7 Å². The van der Waals surface area contributed by atoms with Crippen LogP contribution in [0, 0.1) is 12.8 Å². The summed E-state index contributed by atoms with van der Waals surface area (Å²) < 4.78 is 5.26. The zero-order chi connectivity index (χ0) is 22.1. The molecular formula is C25H23N5O2. The van der Waals surface area contributed by atoms with Crippen molar-refractivity contribution < 1.29 is 9.53 Å². The summed E-state index contributed by atoms with van der Waals surface area (Å²) in [7, 11) is 1.64. The number of hydrogen-bond acceptors (Lipinski definition) is 5. The smallest absolute Gasteiger partial charge is 0.228 e. The molecule has 1 aliphatic carbocycles. The van der Waals surface area contributed by atoms with Crippen molar-refractivity contribution in [3.63, 3.8) is 0 Å². The second-order valence-electron chi connectivity index (χ2n) is 8.07. The van der Waals surface area contributed by atoms with Gasteiger partial charge < -0.3 is 10.1 Å². The van der Waals surface area contributed by atoms with Crippen LogP contribution in [0.4, 0.5) is 5.69 Å². The average molecular weight is 425 g/mol. The van der Waals surface area contributed by atoms with E-state index in [0.29, 0.717) is 11.5 Å². The zero-order valence-electron chi connectivity index (χ0n) is 17.9. The van der Waals surface area contributed by atoms with Crippen LogP contribution >= 0.6 is 0 Å². The largest absolute Gasteiger partial charge is 0.497 e. The summed E-state index contributed by atoms with van der Waals surface area (Å²) in [6.45, 7) is 2.07. The Kier molecular flexibility index (Phi) is 5.15. The molecule has 1 fully saturated rings. The Balaban J connectivity index is 1.38. The molecule has 1 heterocycles. The van der Waals surface area contributed by atoms with E-state index >= 15 is 0 Å². The maximum atomic E-state index is 12.9. The molecule has 4 aromatic rings. The van der Waals surface area contributed by atoms with Crippen LogP contribution in [0.2, 0.25) is 0 Å². The van der Waals surface area contributed by atoms with Crippen molar-refractivity contribution >= 4 is 11.6 Å². The maximum Gasteiger partial charge on any atom is 0.228 e. The van der Waals surface area contributed by atoms with Crippen LogP contribution < -0.4 is 10.1 Å². The predicted molar refractivity (Wildman–Crippen MR) is 122 cm³/mol. The van der Waals surface area contributed by atoms with Crippen LogP contribution in [-0.2, 0) is 4.79 Å². The molecule has 1 aliphatic rings.